The van der Waals surface area contributed by atoms with Crippen LogP contribution in [-0.2, 0) is 0 Å². The minimum atomic E-state index is 0.506. The normalized spacial score (nSPS) is 15.4. The third-order valence-corrected chi connectivity index (χ3v) is 3.76. The minimum Gasteiger partial charge on any atom is -0.233 e. The van der Waals surface area contributed by atoms with Gasteiger partial charge in [-0.15, -0.1) is 0 Å². The third-order valence-electron chi connectivity index (χ3n) is 3.57. The van der Waals surface area contributed by atoms with Crippen LogP contribution < -0.4 is 0 Å². The molecular weight excluding hydrogens is 244 g/mol. The largest absolute Gasteiger partial charge is 0.233 e. The van der Waals surface area contributed by atoms with Crippen molar-refractivity contribution in [1.82, 2.24) is 9.97 Å². The molecule has 1 heterocycles. The monoisotopic (exact) mass is 258 g/mol. The van der Waals surface area contributed by atoms with E-state index in [1.54, 1.807) is 0 Å². The van der Waals surface area contributed by atoms with E-state index in [-0.39, 0.29) is 0 Å². The van der Waals surface area contributed by atoms with Crippen LogP contribution in [0.1, 0.15) is 36.6 Å². The molecule has 1 aromatic carbocycles. The average Bonchev–Trinajstić information content (AvgIpc) is 2.26. The average molecular weight is 259 g/mol. The lowest BCUT2D eigenvalue weighted by Crippen LogP contribution is -2.08. The van der Waals surface area contributed by atoms with Gasteiger partial charge in [-0.1, -0.05) is 36.2 Å². The smallest absolute Gasteiger partial charge is 0.133 e. The predicted molar refractivity (Wildman–Crippen MR) is 73.8 cm³/mol. The molecule has 2 nitrogen and oxygen atoms in total. The van der Waals surface area contributed by atoms with Gasteiger partial charge in [0.2, 0.25) is 0 Å². The number of halogens is 1. The van der Waals surface area contributed by atoms with E-state index < -0.39 is 0 Å². The Morgan fingerprint density at radius 2 is 2.00 bits per heavy atom. The van der Waals surface area contributed by atoms with E-state index in [2.05, 4.69) is 34.2 Å². The Hall–Kier alpha value is -1.41. The molecule has 0 bridgehead atoms. The lowest BCUT2D eigenvalue weighted by atomic mass is 9.79. The molecule has 3 heteroatoms. The van der Waals surface area contributed by atoms with Crippen molar-refractivity contribution in [2.45, 2.75) is 32.1 Å². The SMILES string of the molecule is Cc1nc(Cl)cc(-c2cccc(C3CCC3)c2)n1. The topological polar surface area (TPSA) is 25.8 Å². The van der Waals surface area contributed by atoms with Gasteiger partial charge in [-0.2, -0.15) is 0 Å². The third kappa shape index (κ3) is 2.25. The van der Waals surface area contributed by atoms with E-state index in [0.717, 1.165) is 17.2 Å². The molecular formula is C15H15ClN2. The Bertz CT molecular complexity index is 556. The maximum atomic E-state index is 5.99. The summed E-state index contributed by atoms with van der Waals surface area (Å²) in [5.74, 6) is 1.45. The van der Waals surface area contributed by atoms with Crippen LogP contribution in [0.5, 0.6) is 0 Å². The van der Waals surface area contributed by atoms with E-state index >= 15 is 0 Å². The van der Waals surface area contributed by atoms with Crippen molar-refractivity contribution < 1.29 is 0 Å². The predicted octanol–water partition coefficient (Wildman–Crippen LogP) is 4.37. The molecule has 1 fully saturated rings. The van der Waals surface area contributed by atoms with Crippen LogP contribution in [-0.4, -0.2) is 9.97 Å². The summed E-state index contributed by atoms with van der Waals surface area (Å²) in [6, 6.07) is 10.5. The summed E-state index contributed by atoms with van der Waals surface area (Å²) >= 11 is 5.99. The maximum Gasteiger partial charge on any atom is 0.133 e. The van der Waals surface area contributed by atoms with E-state index in [0.29, 0.717) is 11.0 Å². The number of aromatic nitrogens is 2. The van der Waals surface area contributed by atoms with Crippen LogP contribution >= 0.6 is 11.6 Å². The summed E-state index contributed by atoms with van der Waals surface area (Å²) in [6.45, 7) is 1.87. The molecule has 1 aromatic heterocycles. The van der Waals surface area contributed by atoms with Gasteiger partial charge in [0, 0.05) is 11.6 Å². The number of hydrogen-bond acceptors (Lipinski definition) is 2. The fraction of sp³-hybridized carbons (Fsp3) is 0.333. The number of rotatable bonds is 2. The van der Waals surface area contributed by atoms with Crippen LogP contribution in [0, 0.1) is 6.92 Å². The first kappa shape index (κ1) is 11.7. The van der Waals surface area contributed by atoms with Crippen LogP contribution in [0.3, 0.4) is 0 Å². The zero-order valence-electron chi connectivity index (χ0n) is 10.4. The van der Waals surface area contributed by atoms with Gasteiger partial charge in [-0.25, -0.2) is 9.97 Å². The highest BCUT2D eigenvalue weighted by atomic mass is 35.5. The lowest BCUT2D eigenvalue weighted by molar-refractivity contribution is 0.420. The summed E-state index contributed by atoms with van der Waals surface area (Å²) in [4.78, 5) is 8.55. The molecule has 1 aliphatic rings. The molecule has 0 unspecified atom stereocenters. The highest BCUT2D eigenvalue weighted by molar-refractivity contribution is 6.29. The van der Waals surface area contributed by atoms with Crippen LogP contribution in [0.15, 0.2) is 30.3 Å². The molecule has 0 radical (unpaired) electrons. The first-order chi connectivity index (χ1) is 8.72. The van der Waals surface area contributed by atoms with Gasteiger partial charge in [0.15, 0.2) is 0 Å². The summed E-state index contributed by atoms with van der Waals surface area (Å²) in [5.41, 5.74) is 3.46. The van der Waals surface area contributed by atoms with Gasteiger partial charge in [0.05, 0.1) is 5.69 Å². The Labute approximate surface area is 112 Å². The molecule has 0 N–H and O–H groups in total. The second-order valence-electron chi connectivity index (χ2n) is 4.88. The summed E-state index contributed by atoms with van der Waals surface area (Å²) < 4.78 is 0. The molecule has 0 atom stereocenters. The Kier molecular flexibility index (Phi) is 3.04. The van der Waals surface area contributed by atoms with Crippen LogP contribution in [0.25, 0.3) is 11.3 Å². The molecule has 92 valence electrons. The van der Waals surface area contributed by atoms with Gasteiger partial charge in [0.25, 0.3) is 0 Å². The van der Waals surface area contributed by atoms with Crippen molar-refractivity contribution in [3.05, 3.63) is 46.9 Å². The number of hydrogen-bond donors (Lipinski definition) is 0. The molecule has 18 heavy (non-hydrogen) atoms. The summed E-state index contributed by atoms with van der Waals surface area (Å²) in [6.07, 6.45) is 3.98. The number of aryl methyl sites for hydroxylation is 1. The first-order valence-electron chi connectivity index (χ1n) is 6.34. The quantitative estimate of drug-likeness (QED) is 0.748. The van der Waals surface area contributed by atoms with Crippen LogP contribution in [0.2, 0.25) is 5.15 Å². The number of nitrogens with zero attached hydrogens (tertiary/aromatic N) is 2. The molecule has 3 rings (SSSR count). The Balaban J connectivity index is 2.00. The van der Waals surface area contributed by atoms with Gasteiger partial charge >= 0.3 is 0 Å². The lowest BCUT2D eigenvalue weighted by Gasteiger charge is -2.26. The molecule has 2 aromatic rings. The van der Waals surface area contributed by atoms with Gasteiger partial charge < -0.3 is 0 Å². The van der Waals surface area contributed by atoms with Crippen molar-refractivity contribution in [3.8, 4) is 11.3 Å². The second-order valence-corrected chi connectivity index (χ2v) is 5.26. The van der Waals surface area contributed by atoms with Gasteiger partial charge in [-0.3, -0.25) is 0 Å². The Morgan fingerprint density at radius 1 is 1.17 bits per heavy atom. The highest BCUT2D eigenvalue weighted by Crippen LogP contribution is 2.37. The van der Waals surface area contributed by atoms with Crippen LogP contribution in [0.4, 0.5) is 0 Å². The zero-order valence-corrected chi connectivity index (χ0v) is 11.1. The van der Waals surface area contributed by atoms with Gasteiger partial charge in [-0.05, 0) is 37.3 Å². The minimum absolute atomic E-state index is 0.506. The fourth-order valence-corrected chi connectivity index (χ4v) is 2.60. The first-order valence-corrected chi connectivity index (χ1v) is 6.72. The van der Waals surface area contributed by atoms with E-state index in [9.17, 15) is 0 Å². The second kappa shape index (κ2) is 4.69. The highest BCUT2D eigenvalue weighted by Gasteiger charge is 2.19. The maximum absolute atomic E-state index is 5.99. The van der Waals surface area contributed by atoms with Gasteiger partial charge in [0.1, 0.15) is 11.0 Å². The summed E-state index contributed by atoms with van der Waals surface area (Å²) in [5, 5.41) is 0.506. The molecule has 0 spiro atoms. The Morgan fingerprint density at radius 3 is 2.67 bits per heavy atom. The van der Waals surface area contributed by atoms with E-state index in [4.69, 9.17) is 11.6 Å². The van der Waals surface area contributed by atoms with Crippen molar-refractivity contribution in [2.75, 3.05) is 0 Å². The van der Waals surface area contributed by atoms with Crippen molar-refractivity contribution in [1.29, 1.82) is 0 Å². The molecule has 1 saturated carbocycles. The molecule has 0 aliphatic heterocycles. The van der Waals surface area contributed by atoms with Crippen molar-refractivity contribution in [2.24, 2.45) is 0 Å². The standard InChI is InChI=1S/C15H15ClN2/c1-10-17-14(9-15(16)18-10)13-7-3-6-12(8-13)11-4-2-5-11/h3,6-9,11H,2,4-5H2,1H3. The molecule has 0 amide bonds. The molecule has 1 aliphatic carbocycles. The van der Waals surface area contributed by atoms with E-state index in [1.807, 2.05) is 13.0 Å². The van der Waals surface area contributed by atoms with Crippen molar-refractivity contribution >= 4 is 11.6 Å². The van der Waals surface area contributed by atoms with E-state index in [1.165, 1.54) is 24.8 Å². The number of benzene rings is 1. The summed E-state index contributed by atoms with van der Waals surface area (Å²) in [7, 11) is 0. The molecule has 0 saturated heterocycles. The fourth-order valence-electron chi connectivity index (χ4n) is 2.37. The van der Waals surface area contributed by atoms with Crippen molar-refractivity contribution in [3.63, 3.8) is 0 Å². The zero-order chi connectivity index (χ0) is 12.5.